The fraction of sp³-hybridized carbons (Fsp3) is 0.158. The minimum atomic E-state index is -0.526. The van der Waals surface area contributed by atoms with E-state index in [9.17, 15) is 15.2 Å². The molecule has 0 aliphatic heterocycles. The SMILES string of the molecule is COc1ccc(/C=C(\C#N)C(=O)Nc2cc(C)ccc2C)c(O)c1. The summed E-state index contributed by atoms with van der Waals surface area (Å²) in [4.78, 5) is 12.3. The van der Waals surface area contributed by atoms with Crippen LogP contribution in [0.5, 0.6) is 11.5 Å². The Bertz CT molecular complexity index is 848. The van der Waals surface area contributed by atoms with Crippen molar-refractivity contribution in [1.82, 2.24) is 0 Å². The van der Waals surface area contributed by atoms with E-state index in [2.05, 4.69) is 5.32 Å². The van der Waals surface area contributed by atoms with Crippen LogP contribution in [0, 0.1) is 25.2 Å². The van der Waals surface area contributed by atoms with Gasteiger partial charge in [0.05, 0.1) is 7.11 Å². The molecule has 0 bridgehead atoms. The number of ether oxygens (including phenoxy) is 1. The number of carbonyl (C=O) groups excluding carboxylic acids is 1. The van der Waals surface area contributed by atoms with E-state index in [0.29, 0.717) is 17.0 Å². The number of rotatable bonds is 4. The number of aromatic hydroxyl groups is 1. The molecule has 0 fully saturated rings. The molecule has 0 atom stereocenters. The summed E-state index contributed by atoms with van der Waals surface area (Å²) in [6, 6.07) is 12.2. The maximum atomic E-state index is 12.3. The average Bonchev–Trinajstić information content (AvgIpc) is 2.56. The topological polar surface area (TPSA) is 82.3 Å². The molecule has 2 aromatic carbocycles. The number of hydrogen-bond acceptors (Lipinski definition) is 4. The number of anilines is 1. The number of carbonyl (C=O) groups is 1. The van der Waals surface area contributed by atoms with Crippen molar-refractivity contribution in [2.45, 2.75) is 13.8 Å². The molecular weight excluding hydrogens is 304 g/mol. The summed E-state index contributed by atoms with van der Waals surface area (Å²) in [7, 11) is 1.49. The second-order valence-electron chi connectivity index (χ2n) is 5.37. The van der Waals surface area contributed by atoms with Gasteiger partial charge in [-0.2, -0.15) is 5.26 Å². The quantitative estimate of drug-likeness (QED) is 0.666. The molecule has 0 aliphatic carbocycles. The van der Waals surface area contributed by atoms with Gasteiger partial charge < -0.3 is 15.2 Å². The van der Waals surface area contributed by atoms with Gasteiger partial charge in [-0.05, 0) is 49.2 Å². The van der Waals surface area contributed by atoms with E-state index in [1.54, 1.807) is 12.1 Å². The van der Waals surface area contributed by atoms with E-state index in [-0.39, 0.29) is 11.3 Å². The number of phenolic OH excluding ortho intramolecular Hbond substituents is 1. The molecule has 0 spiro atoms. The zero-order chi connectivity index (χ0) is 17.7. The van der Waals surface area contributed by atoms with Crippen LogP contribution in [0.4, 0.5) is 5.69 Å². The molecule has 2 rings (SSSR count). The molecule has 0 heterocycles. The number of nitriles is 1. The van der Waals surface area contributed by atoms with Crippen molar-refractivity contribution in [3.63, 3.8) is 0 Å². The summed E-state index contributed by atoms with van der Waals surface area (Å²) < 4.78 is 5.01. The fourth-order valence-electron chi connectivity index (χ4n) is 2.14. The van der Waals surface area contributed by atoms with Crippen molar-refractivity contribution in [3.8, 4) is 17.6 Å². The maximum Gasteiger partial charge on any atom is 0.266 e. The number of methoxy groups -OCH3 is 1. The molecule has 0 aliphatic rings. The maximum absolute atomic E-state index is 12.3. The number of benzene rings is 2. The molecule has 24 heavy (non-hydrogen) atoms. The van der Waals surface area contributed by atoms with Gasteiger partial charge in [0.15, 0.2) is 0 Å². The summed E-state index contributed by atoms with van der Waals surface area (Å²) in [5.74, 6) is -0.106. The zero-order valence-corrected chi connectivity index (χ0v) is 13.8. The Balaban J connectivity index is 2.29. The first-order chi connectivity index (χ1) is 11.4. The van der Waals surface area contributed by atoms with Crippen LogP contribution in [0.3, 0.4) is 0 Å². The Hall–Kier alpha value is -3.26. The smallest absolute Gasteiger partial charge is 0.266 e. The number of aryl methyl sites for hydroxylation is 2. The van der Waals surface area contributed by atoms with E-state index in [1.807, 2.05) is 38.1 Å². The van der Waals surface area contributed by atoms with Crippen molar-refractivity contribution in [3.05, 3.63) is 58.7 Å². The van der Waals surface area contributed by atoms with Crippen LogP contribution < -0.4 is 10.1 Å². The van der Waals surface area contributed by atoms with E-state index in [1.165, 1.54) is 19.3 Å². The molecule has 0 radical (unpaired) electrons. The molecule has 0 aromatic heterocycles. The lowest BCUT2D eigenvalue weighted by molar-refractivity contribution is -0.112. The molecule has 122 valence electrons. The van der Waals surface area contributed by atoms with Gasteiger partial charge in [0.2, 0.25) is 0 Å². The summed E-state index contributed by atoms with van der Waals surface area (Å²) in [5.41, 5.74) is 2.82. The summed E-state index contributed by atoms with van der Waals surface area (Å²) in [5, 5.41) is 21.9. The van der Waals surface area contributed by atoms with Crippen LogP contribution in [-0.2, 0) is 4.79 Å². The van der Waals surface area contributed by atoms with Crippen LogP contribution in [-0.4, -0.2) is 18.1 Å². The highest BCUT2D eigenvalue weighted by atomic mass is 16.5. The summed E-state index contributed by atoms with van der Waals surface area (Å²) in [6.07, 6.45) is 1.34. The highest BCUT2D eigenvalue weighted by Gasteiger charge is 2.12. The number of amides is 1. The normalized spacial score (nSPS) is 10.8. The third kappa shape index (κ3) is 3.93. The second kappa shape index (κ2) is 7.34. The Morgan fingerprint density at radius 1 is 1.25 bits per heavy atom. The van der Waals surface area contributed by atoms with Crippen LogP contribution in [0.1, 0.15) is 16.7 Å². The van der Waals surface area contributed by atoms with E-state index < -0.39 is 5.91 Å². The molecule has 5 nitrogen and oxygen atoms in total. The minimum absolute atomic E-state index is 0.0679. The molecule has 5 heteroatoms. The Labute approximate surface area is 140 Å². The molecule has 2 aromatic rings. The minimum Gasteiger partial charge on any atom is -0.507 e. The lowest BCUT2D eigenvalue weighted by atomic mass is 10.1. The molecule has 0 saturated carbocycles. The average molecular weight is 322 g/mol. The second-order valence-corrected chi connectivity index (χ2v) is 5.37. The van der Waals surface area contributed by atoms with Crippen LogP contribution in [0.25, 0.3) is 6.08 Å². The lowest BCUT2D eigenvalue weighted by Crippen LogP contribution is -2.14. The largest absolute Gasteiger partial charge is 0.507 e. The van der Waals surface area contributed by atoms with Crippen molar-refractivity contribution >= 4 is 17.7 Å². The highest BCUT2D eigenvalue weighted by molar-refractivity contribution is 6.10. The summed E-state index contributed by atoms with van der Waals surface area (Å²) in [6.45, 7) is 3.80. The Kier molecular flexibility index (Phi) is 5.23. The van der Waals surface area contributed by atoms with E-state index in [4.69, 9.17) is 4.74 Å². The van der Waals surface area contributed by atoms with Gasteiger partial charge in [-0.1, -0.05) is 12.1 Å². The first kappa shape index (κ1) is 17.1. The summed E-state index contributed by atoms with van der Waals surface area (Å²) >= 11 is 0. The van der Waals surface area contributed by atoms with Gasteiger partial charge in [-0.15, -0.1) is 0 Å². The molecule has 0 unspecified atom stereocenters. The number of hydrogen-bond donors (Lipinski definition) is 2. The van der Waals surface area contributed by atoms with E-state index >= 15 is 0 Å². The van der Waals surface area contributed by atoms with Gasteiger partial charge >= 0.3 is 0 Å². The van der Waals surface area contributed by atoms with Gasteiger partial charge in [-0.3, -0.25) is 4.79 Å². The third-order valence-electron chi connectivity index (χ3n) is 3.54. The highest BCUT2D eigenvalue weighted by Crippen LogP contribution is 2.26. The number of nitrogens with one attached hydrogen (secondary N) is 1. The molecule has 0 saturated heterocycles. The standard InChI is InChI=1S/C19H18N2O3/c1-12-4-5-13(2)17(8-12)21-19(23)15(11-20)9-14-6-7-16(24-3)10-18(14)22/h4-10,22H,1-3H3,(H,21,23)/b15-9+. The third-order valence-corrected chi connectivity index (χ3v) is 3.54. The van der Waals surface area contributed by atoms with E-state index in [0.717, 1.165) is 11.1 Å². The molecule has 2 N–H and O–H groups in total. The Morgan fingerprint density at radius 3 is 2.62 bits per heavy atom. The van der Waals surface area contributed by atoms with Crippen molar-refractivity contribution < 1.29 is 14.6 Å². The van der Waals surface area contributed by atoms with Crippen molar-refractivity contribution in [1.29, 1.82) is 5.26 Å². The predicted molar refractivity (Wildman–Crippen MR) is 92.8 cm³/mol. The number of phenols is 1. The number of nitrogens with zero attached hydrogens (tertiary/aromatic N) is 1. The van der Waals surface area contributed by atoms with Crippen molar-refractivity contribution in [2.75, 3.05) is 12.4 Å². The predicted octanol–water partition coefficient (Wildman–Crippen LogP) is 3.56. The molecule has 1 amide bonds. The van der Waals surface area contributed by atoms with Gasteiger partial charge in [0.1, 0.15) is 23.1 Å². The first-order valence-electron chi connectivity index (χ1n) is 7.32. The zero-order valence-electron chi connectivity index (χ0n) is 13.8. The first-order valence-corrected chi connectivity index (χ1v) is 7.32. The monoisotopic (exact) mass is 322 g/mol. The fourth-order valence-corrected chi connectivity index (χ4v) is 2.14. The van der Waals surface area contributed by atoms with Gasteiger partial charge in [0, 0.05) is 17.3 Å². The lowest BCUT2D eigenvalue weighted by Gasteiger charge is -2.09. The van der Waals surface area contributed by atoms with Crippen LogP contribution in [0.15, 0.2) is 42.0 Å². The van der Waals surface area contributed by atoms with Crippen LogP contribution >= 0.6 is 0 Å². The van der Waals surface area contributed by atoms with Gasteiger partial charge in [0.25, 0.3) is 5.91 Å². The van der Waals surface area contributed by atoms with Crippen molar-refractivity contribution in [2.24, 2.45) is 0 Å². The Morgan fingerprint density at radius 2 is 2.00 bits per heavy atom. The molecular formula is C19H18N2O3. The van der Waals surface area contributed by atoms with Gasteiger partial charge in [-0.25, -0.2) is 0 Å². The van der Waals surface area contributed by atoms with Crippen LogP contribution in [0.2, 0.25) is 0 Å².